The Morgan fingerprint density at radius 1 is 1.15 bits per heavy atom. The topological polar surface area (TPSA) is 44.2 Å². The average molecular weight is 312 g/mol. The number of nitrogens with zero attached hydrogens (tertiary/aromatic N) is 2. The first-order valence-electron chi connectivity index (χ1n) is 6.27. The van der Waals surface area contributed by atoms with Crippen LogP contribution in [0.3, 0.4) is 0 Å². The van der Waals surface area contributed by atoms with Gasteiger partial charge >= 0.3 is 0 Å². The molecular formula is C14H20N2O2S2. The van der Waals surface area contributed by atoms with E-state index in [0.717, 1.165) is 21.7 Å². The molecule has 0 fully saturated rings. The summed E-state index contributed by atoms with van der Waals surface area (Å²) < 4.78 is 10.5. The summed E-state index contributed by atoms with van der Waals surface area (Å²) in [5, 5.41) is 1.70. The normalized spacial score (nSPS) is 13.3. The lowest BCUT2D eigenvalue weighted by Gasteiger charge is -2.11. The summed E-state index contributed by atoms with van der Waals surface area (Å²) in [5.41, 5.74) is 0. The van der Waals surface area contributed by atoms with E-state index < -0.39 is 0 Å². The molecule has 1 rings (SSSR count). The molecule has 0 bridgehead atoms. The van der Waals surface area contributed by atoms with Gasteiger partial charge < -0.3 is 9.47 Å². The third kappa shape index (κ3) is 6.86. The van der Waals surface area contributed by atoms with Crippen molar-refractivity contribution < 1.29 is 9.47 Å². The smallest absolute Gasteiger partial charge is 0.188 e. The first-order chi connectivity index (χ1) is 9.65. The Hall–Kier alpha value is -1.14. The molecule has 0 aliphatic rings. The Kier molecular flexibility index (Phi) is 8.22. The zero-order chi connectivity index (χ0) is 14.8. The SMILES string of the molecule is C=COC(C)CSc1ccnc(SCC(C)OC=C)n1. The Morgan fingerprint density at radius 2 is 1.75 bits per heavy atom. The Bertz CT molecular complexity index is 394. The molecule has 0 aliphatic carbocycles. The maximum atomic E-state index is 5.27. The third-order valence-electron chi connectivity index (χ3n) is 2.18. The lowest BCUT2D eigenvalue weighted by atomic mass is 10.5. The van der Waals surface area contributed by atoms with Crippen LogP contribution in [0.5, 0.6) is 0 Å². The van der Waals surface area contributed by atoms with Gasteiger partial charge in [0.1, 0.15) is 17.2 Å². The van der Waals surface area contributed by atoms with Crippen molar-refractivity contribution in [3.63, 3.8) is 0 Å². The molecule has 1 heterocycles. The summed E-state index contributed by atoms with van der Waals surface area (Å²) in [5.74, 6) is 1.61. The van der Waals surface area contributed by atoms with Crippen LogP contribution < -0.4 is 0 Å². The molecule has 1 aromatic rings. The highest BCUT2D eigenvalue weighted by molar-refractivity contribution is 7.99. The molecule has 0 N–H and O–H groups in total. The van der Waals surface area contributed by atoms with Crippen LogP contribution in [0.4, 0.5) is 0 Å². The van der Waals surface area contributed by atoms with Gasteiger partial charge in [0.25, 0.3) is 0 Å². The van der Waals surface area contributed by atoms with Gasteiger partial charge in [-0.3, -0.25) is 0 Å². The molecule has 1 aromatic heterocycles. The van der Waals surface area contributed by atoms with Crippen molar-refractivity contribution in [3.05, 3.63) is 37.9 Å². The molecule has 0 spiro atoms. The molecule has 20 heavy (non-hydrogen) atoms. The third-order valence-corrected chi connectivity index (χ3v) is 4.43. The van der Waals surface area contributed by atoms with Gasteiger partial charge in [-0.2, -0.15) is 0 Å². The van der Waals surface area contributed by atoms with E-state index in [4.69, 9.17) is 9.47 Å². The van der Waals surface area contributed by atoms with Gasteiger partial charge in [-0.15, -0.1) is 11.8 Å². The predicted molar refractivity (Wildman–Crippen MR) is 85.0 cm³/mol. The molecule has 0 aliphatic heterocycles. The quantitative estimate of drug-likeness (QED) is 0.284. The predicted octanol–water partition coefficient (Wildman–Crippen LogP) is 3.76. The lowest BCUT2D eigenvalue weighted by Crippen LogP contribution is -2.08. The second-order valence-electron chi connectivity index (χ2n) is 4.03. The number of thioether (sulfide) groups is 2. The average Bonchev–Trinajstić information content (AvgIpc) is 2.44. The summed E-state index contributed by atoms with van der Waals surface area (Å²) in [4.78, 5) is 8.73. The summed E-state index contributed by atoms with van der Waals surface area (Å²) >= 11 is 3.21. The maximum absolute atomic E-state index is 5.27. The zero-order valence-electron chi connectivity index (χ0n) is 11.8. The number of ether oxygens (including phenoxy) is 2. The van der Waals surface area contributed by atoms with Crippen molar-refractivity contribution in [2.75, 3.05) is 11.5 Å². The molecule has 0 amide bonds. The Morgan fingerprint density at radius 3 is 2.35 bits per heavy atom. The molecule has 2 unspecified atom stereocenters. The molecule has 2 atom stereocenters. The fraction of sp³-hybridized carbons (Fsp3) is 0.429. The minimum absolute atomic E-state index is 0.0958. The molecule has 4 nitrogen and oxygen atoms in total. The van der Waals surface area contributed by atoms with E-state index in [0.29, 0.717) is 0 Å². The highest BCUT2D eigenvalue weighted by Gasteiger charge is 2.07. The fourth-order valence-corrected chi connectivity index (χ4v) is 2.89. The molecule has 0 saturated carbocycles. The second kappa shape index (κ2) is 9.72. The second-order valence-corrected chi connectivity index (χ2v) is 6.05. The van der Waals surface area contributed by atoms with E-state index >= 15 is 0 Å². The Labute approximate surface area is 129 Å². The van der Waals surface area contributed by atoms with Crippen molar-refractivity contribution in [2.24, 2.45) is 0 Å². The van der Waals surface area contributed by atoms with Crippen LogP contribution in [-0.4, -0.2) is 33.7 Å². The molecule has 0 saturated heterocycles. The van der Waals surface area contributed by atoms with Crippen LogP contribution in [0, 0.1) is 0 Å². The maximum Gasteiger partial charge on any atom is 0.188 e. The van der Waals surface area contributed by atoms with Crippen molar-refractivity contribution in [1.29, 1.82) is 0 Å². The van der Waals surface area contributed by atoms with Crippen LogP contribution in [0.15, 0.2) is 48.1 Å². The number of hydrogen-bond acceptors (Lipinski definition) is 6. The van der Waals surface area contributed by atoms with Crippen molar-refractivity contribution >= 4 is 23.5 Å². The van der Waals surface area contributed by atoms with Gasteiger partial charge in [0.05, 0.1) is 12.5 Å². The van der Waals surface area contributed by atoms with Crippen molar-refractivity contribution in [3.8, 4) is 0 Å². The number of hydrogen-bond donors (Lipinski definition) is 0. The molecule has 6 heteroatoms. The molecular weight excluding hydrogens is 292 g/mol. The van der Waals surface area contributed by atoms with E-state index in [9.17, 15) is 0 Å². The van der Waals surface area contributed by atoms with E-state index in [1.165, 1.54) is 12.5 Å². The van der Waals surface area contributed by atoms with Crippen LogP contribution >= 0.6 is 23.5 Å². The summed E-state index contributed by atoms with van der Waals surface area (Å²) in [6.07, 6.45) is 4.91. The van der Waals surface area contributed by atoms with Crippen LogP contribution in [0.1, 0.15) is 13.8 Å². The van der Waals surface area contributed by atoms with Gasteiger partial charge in [-0.05, 0) is 19.9 Å². The van der Waals surface area contributed by atoms with E-state index in [-0.39, 0.29) is 12.2 Å². The summed E-state index contributed by atoms with van der Waals surface area (Å²) in [7, 11) is 0. The highest BCUT2D eigenvalue weighted by atomic mass is 32.2. The van der Waals surface area contributed by atoms with Gasteiger partial charge in [-0.25, -0.2) is 9.97 Å². The van der Waals surface area contributed by atoms with Gasteiger partial charge in [-0.1, -0.05) is 24.9 Å². The van der Waals surface area contributed by atoms with Crippen LogP contribution in [0.2, 0.25) is 0 Å². The summed E-state index contributed by atoms with van der Waals surface area (Å²) in [6.45, 7) is 11.1. The molecule has 0 aromatic carbocycles. The monoisotopic (exact) mass is 312 g/mol. The highest BCUT2D eigenvalue weighted by Crippen LogP contribution is 2.21. The number of aromatic nitrogens is 2. The molecule has 0 radical (unpaired) electrons. The first-order valence-corrected chi connectivity index (χ1v) is 8.24. The Balaban J connectivity index is 2.44. The summed E-state index contributed by atoms with van der Waals surface area (Å²) in [6, 6.07) is 1.90. The van der Waals surface area contributed by atoms with Crippen molar-refractivity contribution in [1.82, 2.24) is 9.97 Å². The van der Waals surface area contributed by atoms with E-state index in [2.05, 4.69) is 23.1 Å². The van der Waals surface area contributed by atoms with Crippen LogP contribution in [-0.2, 0) is 9.47 Å². The van der Waals surface area contributed by atoms with E-state index in [1.807, 2.05) is 19.9 Å². The first kappa shape index (κ1) is 16.9. The van der Waals surface area contributed by atoms with Crippen LogP contribution in [0.25, 0.3) is 0 Å². The minimum Gasteiger partial charge on any atom is -0.498 e. The zero-order valence-corrected chi connectivity index (χ0v) is 13.5. The van der Waals surface area contributed by atoms with Gasteiger partial charge in [0, 0.05) is 17.7 Å². The standard InChI is InChI=1S/C14H20N2O2S2/c1-5-17-11(3)9-19-13-7-8-15-14(16-13)20-10-12(4)18-6-2/h5-8,11-12H,1-2,9-10H2,3-4H3. The van der Waals surface area contributed by atoms with Gasteiger partial charge in [0.2, 0.25) is 0 Å². The minimum atomic E-state index is 0.0958. The molecule has 110 valence electrons. The lowest BCUT2D eigenvalue weighted by molar-refractivity contribution is 0.184. The largest absolute Gasteiger partial charge is 0.498 e. The van der Waals surface area contributed by atoms with E-state index in [1.54, 1.807) is 29.7 Å². The fourth-order valence-electron chi connectivity index (χ4n) is 1.28. The van der Waals surface area contributed by atoms with Crippen molar-refractivity contribution in [2.45, 2.75) is 36.2 Å². The number of rotatable bonds is 10. The van der Waals surface area contributed by atoms with Gasteiger partial charge in [0.15, 0.2) is 5.16 Å².